The molecule has 0 bridgehead atoms. The zero-order valence-corrected chi connectivity index (χ0v) is 22.1. The average Bonchev–Trinajstić information content (AvgIpc) is 2.81. The van der Waals surface area contributed by atoms with E-state index in [-0.39, 0.29) is 16.9 Å². The molecule has 1 atom stereocenters. The fourth-order valence-corrected chi connectivity index (χ4v) is 4.07. The highest BCUT2D eigenvalue weighted by Gasteiger charge is 2.28. The fourth-order valence-electron chi connectivity index (χ4n) is 3.49. The molecular formula is C25H31ClN4O4S. The molecule has 2 heterocycles. The molecule has 1 aromatic heterocycles. The van der Waals surface area contributed by atoms with Crippen molar-refractivity contribution in [2.45, 2.75) is 45.4 Å². The molecular weight excluding hydrogens is 488 g/mol. The SMILES string of the molecule is COc1c(Cl)cccc1NC(=S)C1=C(NCc2ccncc2OCC(C)(C)OC)C[C@H](C)NC1=O. The number of methoxy groups -OCH3 is 2. The first-order chi connectivity index (χ1) is 16.6. The van der Waals surface area contributed by atoms with Crippen LogP contribution >= 0.6 is 23.8 Å². The number of pyridine rings is 1. The quantitative estimate of drug-likeness (QED) is 0.402. The summed E-state index contributed by atoms with van der Waals surface area (Å²) in [4.78, 5) is 17.4. The Bertz CT molecular complexity index is 1120. The molecule has 0 unspecified atom stereocenters. The Morgan fingerprint density at radius 1 is 1.31 bits per heavy atom. The minimum atomic E-state index is -0.438. The van der Waals surface area contributed by atoms with Crippen LogP contribution < -0.4 is 25.4 Å². The number of nitrogens with one attached hydrogen (secondary N) is 3. The summed E-state index contributed by atoms with van der Waals surface area (Å²) in [5, 5.41) is 9.91. The Hall–Kier alpha value is -2.88. The molecule has 1 aromatic carbocycles. The lowest BCUT2D eigenvalue weighted by molar-refractivity contribution is -0.118. The third-order valence-electron chi connectivity index (χ3n) is 5.55. The third kappa shape index (κ3) is 6.84. The number of benzene rings is 1. The van der Waals surface area contributed by atoms with Crippen LogP contribution in [-0.4, -0.2) is 48.3 Å². The van der Waals surface area contributed by atoms with Gasteiger partial charge in [-0.25, -0.2) is 0 Å². The molecule has 0 aliphatic carbocycles. The molecule has 1 aliphatic heterocycles. The van der Waals surface area contributed by atoms with Gasteiger partial charge in [-0.15, -0.1) is 0 Å². The summed E-state index contributed by atoms with van der Waals surface area (Å²) in [6, 6.07) is 7.12. The average molecular weight is 519 g/mol. The van der Waals surface area contributed by atoms with Crippen LogP contribution in [0.1, 0.15) is 32.8 Å². The first-order valence-corrected chi connectivity index (χ1v) is 12.0. The number of thiocarbonyl (C=S) groups is 1. The van der Waals surface area contributed by atoms with Crippen molar-refractivity contribution in [3.63, 3.8) is 0 Å². The normalized spacial score (nSPS) is 15.9. The first kappa shape index (κ1) is 26.7. The van der Waals surface area contributed by atoms with Crippen molar-refractivity contribution in [1.82, 2.24) is 15.6 Å². The van der Waals surface area contributed by atoms with Gasteiger partial charge in [0.15, 0.2) is 5.75 Å². The van der Waals surface area contributed by atoms with E-state index in [1.807, 2.05) is 26.8 Å². The number of nitrogens with zero attached hydrogens (tertiary/aromatic N) is 1. The Balaban J connectivity index is 1.83. The highest BCUT2D eigenvalue weighted by atomic mass is 35.5. The number of carbonyl (C=O) groups excluding carboxylic acids is 1. The summed E-state index contributed by atoms with van der Waals surface area (Å²) in [5.41, 5.74) is 2.14. The number of hydrogen-bond donors (Lipinski definition) is 3. The molecule has 3 N–H and O–H groups in total. The van der Waals surface area contributed by atoms with E-state index in [9.17, 15) is 4.79 Å². The Morgan fingerprint density at radius 2 is 2.09 bits per heavy atom. The maximum absolute atomic E-state index is 12.9. The van der Waals surface area contributed by atoms with E-state index in [1.54, 1.807) is 37.7 Å². The largest absolute Gasteiger partial charge is 0.493 e. The second kappa shape index (κ2) is 11.7. The van der Waals surface area contributed by atoms with Crippen molar-refractivity contribution in [3.8, 4) is 11.5 Å². The van der Waals surface area contributed by atoms with Crippen molar-refractivity contribution < 1.29 is 19.0 Å². The summed E-state index contributed by atoms with van der Waals surface area (Å²) in [5.74, 6) is 0.844. The van der Waals surface area contributed by atoms with Crippen LogP contribution in [-0.2, 0) is 16.1 Å². The molecule has 188 valence electrons. The van der Waals surface area contributed by atoms with Gasteiger partial charge < -0.3 is 30.2 Å². The smallest absolute Gasteiger partial charge is 0.256 e. The van der Waals surface area contributed by atoms with Gasteiger partial charge >= 0.3 is 0 Å². The fraction of sp³-hybridized carbons (Fsp3) is 0.400. The Morgan fingerprint density at radius 3 is 2.80 bits per heavy atom. The van der Waals surface area contributed by atoms with E-state index < -0.39 is 5.60 Å². The van der Waals surface area contributed by atoms with Gasteiger partial charge in [0, 0.05) is 43.6 Å². The van der Waals surface area contributed by atoms with Gasteiger partial charge in [0.2, 0.25) is 0 Å². The molecule has 2 aromatic rings. The predicted octanol–water partition coefficient (Wildman–Crippen LogP) is 4.24. The lowest BCUT2D eigenvalue weighted by atomic mass is 10.0. The molecule has 10 heteroatoms. The summed E-state index contributed by atoms with van der Waals surface area (Å²) in [7, 11) is 3.17. The lowest BCUT2D eigenvalue weighted by Gasteiger charge is -2.28. The highest BCUT2D eigenvalue weighted by molar-refractivity contribution is 7.81. The standard InChI is InChI=1S/C25H31ClN4O4S/c1-15-11-19(28-12-16-9-10-27-13-20(16)34-14-25(2,3)33-5)21(23(31)29-15)24(35)30-18-8-6-7-17(26)22(18)32-4/h6-10,13,15,28H,11-12,14H2,1-5H3,(H,29,31)(H,30,35)/t15-/m0/s1. The number of ether oxygens (including phenoxy) is 3. The van der Waals surface area contributed by atoms with Crippen molar-refractivity contribution in [2.75, 3.05) is 26.1 Å². The predicted molar refractivity (Wildman–Crippen MR) is 141 cm³/mol. The first-order valence-electron chi connectivity index (χ1n) is 11.2. The van der Waals surface area contributed by atoms with Gasteiger partial charge in [-0.3, -0.25) is 9.78 Å². The minimum Gasteiger partial charge on any atom is -0.493 e. The summed E-state index contributed by atoms with van der Waals surface area (Å²) in [6.45, 7) is 6.63. The molecule has 0 radical (unpaired) electrons. The minimum absolute atomic E-state index is 0.0482. The van der Waals surface area contributed by atoms with Gasteiger partial charge in [0.05, 0.1) is 35.2 Å². The van der Waals surface area contributed by atoms with Gasteiger partial charge in [-0.05, 0) is 39.0 Å². The zero-order chi connectivity index (χ0) is 25.6. The number of carbonyl (C=O) groups is 1. The summed E-state index contributed by atoms with van der Waals surface area (Å²) >= 11 is 11.9. The molecule has 35 heavy (non-hydrogen) atoms. The highest BCUT2D eigenvalue weighted by Crippen LogP contribution is 2.33. The number of amides is 1. The van der Waals surface area contributed by atoms with Crippen molar-refractivity contribution in [2.24, 2.45) is 0 Å². The van der Waals surface area contributed by atoms with Crippen molar-refractivity contribution in [3.05, 3.63) is 58.5 Å². The summed E-state index contributed by atoms with van der Waals surface area (Å²) < 4.78 is 16.8. The number of halogens is 1. The molecule has 0 saturated carbocycles. The maximum atomic E-state index is 12.9. The monoisotopic (exact) mass is 518 g/mol. The van der Waals surface area contributed by atoms with Crippen LogP contribution in [0, 0.1) is 0 Å². The number of para-hydroxylation sites is 1. The molecule has 0 fully saturated rings. The second-order valence-electron chi connectivity index (χ2n) is 8.80. The maximum Gasteiger partial charge on any atom is 0.256 e. The van der Waals surface area contributed by atoms with Crippen LogP contribution in [0.4, 0.5) is 5.69 Å². The van der Waals surface area contributed by atoms with Crippen LogP contribution in [0.5, 0.6) is 11.5 Å². The molecule has 8 nitrogen and oxygen atoms in total. The number of rotatable bonds is 10. The topological polar surface area (TPSA) is 93.7 Å². The molecule has 3 rings (SSSR count). The third-order valence-corrected chi connectivity index (χ3v) is 6.16. The lowest BCUT2D eigenvalue weighted by Crippen LogP contribution is -2.44. The summed E-state index contributed by atoms with van der Waals surface area (Å²) in [6.07, 6.45) is 3.97. The van der Waals surface area contributed by atoms with Gasteiger partial charge in [-0.2, -0.15) is 0 Å². The van der Waals surface area contributed by atoms with Crippen LogP contribution in [0.2, 0.25) is 5.02 Å². The van der Waals surface area contributed by atoms with Crippen LogP contribution in [0.25, 0.3) is 0 Å². The van der Waals surface area contributed by atoms with Crippen LogP contribution in [0.3, 0.4) is 0 Å². The molecule has 1 amide bonds. The number of hydrogen-bond acceptors (Lipinski definition) is 7. The molecule has 0 saturated heterocycles. The van der Waals surface area contributed by atoms with Crippen molar-refractivity contribution >= 4 is 40.4 Å². The van der Waals surface area contributed by atoms with E-state index in [4.69, 9.17) is 38.0 Å². The number of anilines is 1. The van der Waals surface area contributed by atoms with E-state index in [1.165, 1.54) is 7.11 Å². The molecule has 0 spiro atoms. The van der Waals surface area contributed by atoms with E-state index in [0.717, 1.165) is 11.3 Å². The zero-order valence-electron chi connectivity index (χ0n) is 20.5. The van der Waals surface area contributed by atoms with Crippen LogP contribution in [0.15, 0.2) is 47.9 Å². The Kier molecular flexibility index (Phi) is 8.93. The van der Waals surface area contributed by atoms with E-state index >= 15 is 0 Å². The number of aromatic nitrogens is 1. The van der Waals surface area contributed by atoms with E-state index in [2.05, 4.69) is 20.9 Å². The van der Waals surface area contributed by atoms with Gasteiger partial charge in [0.25, 0.3) is 5.91 Å². The van der Waals surface area contributed by atoms with Gasteiger partial charge in [0.1, 0.15) is 17.3 Å². The van der Waals surface area contributed by atoms with Crippen molar-refractivity contribution in [1.29, 1.82) is 0 Å². The van der Waals surface area contributed by atoms with E-state index in [0.29, 0.717) is 47.4 Å². The van der Waals surface area contributed by atoms with Gasteiger partial charge in [-0.1, -0.05) is 29.9 Å². The second-order valence-corrected chi connectivity index (χ2v) is 9.61. The molecule has 1 aliphatic rings. The Labute approximate surface area is 216 Å².